The summed E-state index contributed by atoms with van der Waals surface area (Å²) in [6.45, 7) is 0.102. The largest absolute Gasteiger partial charge is 0.507 e. The minimum absolute atomic E-state index is 0.102. The van der Waals surface area contributed by atoms with Crippen molar-refractivity contribution < 1.29 is 10.2 Å². The lowest BCUT2D eigenvalue weighted by atomic mass is 9.94. The normalized spacial score (nSPS) is 11.2. The van der Waals surface area contributed by atoms with Crippen molar-refractivity contribution in [2.45, 2.75) is 6.42 Å². The molecule has 0 bridgehead atoms. The molecule has 24 heavy (non-hydrogen) atoms. The molecule has 0 spiro atoms. The molecular weight excluding hydrogens is 296 g/mol. The third-order valence-corrected chi connectivity index (χ3v) is 4.50. The topological polar surface area (TPSA) is 40.5 Å². The van der Waals surface area contributed by atoms with Crippen LogP contribution in [0.5, 0.6) is 5.75 Å². The summed E-state index contributed by atoms with van der Waals surface area (Å²) in [5, 5.41) is 24.2. The molecule has 0 amide bonds. The van der Waals surface area contributed by atoms with Crippen molar-refractivity contribution in [1.82, 2.24) is 0 Å². The van der Waals surface area contributed by atoms with Gasteiger partial charge < -0.3 is 10.2 Å². The van der Waals surface area contributed by atoms with Gasteiger partial charge in [0.15, 0.2) is 0 Å². The summed E-state index contributed by atoms with van der Waals surface area (Å²) in [5.41, 5.74) is 2.83. The van der Waals surface area contributed by atoms with Gasteiger partial charge in [0, 0.05) is 12.2 Å². The van der Waals surface area contributed by atoms with Crippen LogP contribution in [-0.4, -0.2) is 16.8 Å². The van der Waals surface area contributed by atoms with Crippen molar-refractivity contribution in [2.75, 3.05) is 6.61 Å². The lowest BCUT2D eigenvalue weighted by Crippen LogP contribution is -1.92. The average molecular weight is 314 g/mol. The van der Waals surface area contributed by atoms with Crippen molar-refractivity contribution in [3.05, 3.63) is 78.4 Å². The molecule has 0 aromatic heterocycles. The van der Waals surface area contributed by atoms with Crippen LogP contribution >= 0.6 is 0 Å². The molecular formula is C22H18O2. The number of benzene rings is 4. The van der Waals surface area contributed by atoms with Gasteiger partial charge in [-0.3, -0.25) is 0 Å². The molecule has 0 aliphatic heterocycles. The lowest BCUT2D eigenvalue weighted by molar-refractivity contribution is 0.299. The molecule has 0 fully saturated rings. The molecule has 4 aromatic rings. The number of rotatable bonds is 3. The highest BCUT2D eigenvalue weighted by molar-refractivity contribution is 6.05. The van der Waals surface area contributed by atoms with Crippen LogP contribution in [0.15, 0.2) is 72.8 Å². The van der Waals surface area contributed by atoms with Crippen LogP contribution in [-0.2, 0) is 6.42 Å². The molecule has 4 aromatic carbocycles. The first-order valence-electron chi connectivity index (χ1n) is 8.11. The van der Waals surface area contributed by atoms with E-state index in [2.05, 4.69) is 30.3 Å². The van der Waals surface area contributed by atoms with E-state index in [1.165, 1.54) is 10.8 Å². The number of phenolic OH excluding ortho intramolecular Hbond substituents is 1. The van der Waals surface area contributed by atoms with Gasteiger partial charge in [-0.05, 0) is 63.4 Å². The Hall–Kier alpha value is -2.84. The maximum absolute atomic E-state index is 10.4. The minimum atomic E-state index is 0.102. The third-order valence-electron chi connectivity index (χ3n) is 4.50. The maximum Gasteiger partial charge on any atom is 0.123 e. The Balaban J connectivity index is 2.00. The van der Waals surface area contributed by atoms with Gasteiger partial charge in [-0.25, -0.2) is 0 Å². The number of aliphatic hydroxyl groups is 1. The van der Waals surface area contributed by atoms with Gasteiger partial charge in [0.25, 0.3) is 0 Å². The van der Waals surface area contributed by atoms with Gasteiger partial charge in [0.2, 0.25) is 0 Å². The van der Waals surface area contributed by atoms with Gasteiger partial charge in [-0.1, -0.05) is 48.5 Å². The van der Waals surface area contributed by atoms with E-state index >= 15 is 0 Å². The van der Waals surface area contributed by atoms with Crippen LogP contribution in [0.4, 0.5) is 0 Å². The Morgan fingerprint density at radius 2 is 1.42 bits per heavy atom. The van der Waals surface area contributed by atoms with Crippen LogP contribution < -0.4 is 0 Å². The first-order valence-corrected chi connectivity index (χ1v) is 8.11. The SMILES string of the molecule is OCCc1ccc(O)c(-c2cccc3cc4ccccc4cc23)c1. The fourth-order valence-electron chi connectivity index (χ4n) is 3.29. The monoisotopic (exact) mass is 314 g/mol. The molecule has 0 radical (unpaired) electrons. The van der Waals surface area contributed by atoms with Gasteiger partial charge in [-0.2, -0.15) is 0 Å². The van der Waals surface area contributed by atoms with Gasteiger partial charge in [-0.15, -0.1) is 0 Å². The molecule has 0 saturated carbocycles. The van der Waals surface area contributed by atoms with E-state index in [-0.39, 0.29) is 12.4 Å². The van der Waals surface area contributed by atoms with E-state index in [1.807, 2.05) is 36.4 Å². The van der Waals surface area contributed by atoms with E-state index in [4.69, 9.17) is 0 Å². The quantitative estimate of drug-likeness (QED) is 0.528. The summed E-state index contributed by atoms with van der Waals surface area (Å²) in [6.07, 6.45) is 0.584. The van der Waals surface area contributed by atoms with Crippen LogP contribution in [0.2, 0.25) is 0 Å². The third kappa shape index (κ3) is 2.51. The fraction of sp³-hybridized carbons (Fsp3) is 0.0909. The highest BCUT2D eigenvalue weighted by atomic mass is 16.3. The molecule has 2 nitrogen and oxygen atoms in total. The first-order chi connectivity index (χ1) is 11.8. The summed E-state index contributed by atoms with van der Waals surface area (Å²) in [4.78, 5) is 0. The van der Waals surface area contributed by atoms with E-state index in [1.54, 1.807) is 6.07 Å². The van der Waals surface area contributed by atoms with E-state index in [0.29, 0.717) is 6.42 Å². The lowest BCUT2D eigenvalue weighted by Gasteiger charge is -2.12. The average Bonchev–Trinajstić information content (AvgIpc) is 2.61. The Morgan fingerprint density at radius 3 is 2.21 bits per heavy atom. The minimum Gasteiger partial charge on any atom is -0.507 e. The number of hydrogen-bond donors (Lipinski definition) is 2. The summed E-state index contributed by atoms with van der Waals surface area (Å²) < 4.78 is 0. The Labute approximate surface area is 140 Å². The number of hydrogen-bond acceptors (Lipinski definition) is 2. The van der Waals surface area contributed by atoms with Crippen LogP contribution in [0.1, 0.15) is 5.56 Å². The summed E-state index contributed by atoms with van der Waals surface area (Å²) in [6, 6.07) is 24.3. The zero-order valence-corrected chi connectivity index (χ0v) is 13.2. The van der Waals surface area contributed by atoms with Crippen molar-refractivity contribution >= 4 is 21.5 Å². The summed E-state index contributed by atoms with van der Waals surface area (Å²) >= 11 is 0. The summed E-state index contributed by atoms with van der Waals surface area (Å²) in [5.74, 6) is 0.261. The van der Waals surface area contributed by atoms with E-state index < -0.39 is 0 Å². The number of phenols is 1. The molecule has 2 heteroatoms. The second-order valence-corrected chi connectivity index (χ2v) is 6.05. The van der Waals surface area contributed by atoms with Crippen molar-refractivity contribution in [3.63, 3.8) is 0 Å². The van der Waals surface area contributed by atoms with Crippen LogP contribution in [0.25, 0.3) is 32.7 Å². The second kappa shape index (κ2) is 5.99. The molecule has 0 aliphatic carbocycles. The zero-order valence-electron chi connectivity index (χ0n) is 13.2. The predicted molar refractivity (Wildman–Crippen MR) is 99.3 cm³/mol. The zero-order chi connectivity index (χ0) is 16.5. The molecule has 0 saturated heterocycles. The fourth-order valence-corrected chi connectivity index (χ4v) is 3.29. The molecule has 0 aliphatic rings. The number of aliphatic hydroxyl groups excluding tert-OH is 1. The van der Waals surface area contributed by atoms with Crippen molar-refractivity contribution in [3.8, 4) is 16.9 Å². The molecule has 2 N–H and O–H groups in total. The molecule has 118 valence electrons. The maximum atomic E-state index is 10.4. The second-order valence-electron chi connectivity index (χ2n) is 6.05. The van der Waals surface area contributed by atoms with Crippen LogP contribution in [0, 0.1) is 0 Å². The molecule has 4 rings (SSSR count). The van der Waals surface area contributed by atoms with E-state index in [9.17, 15) is 10.2 Å². The van der Waals surface area contributed by atoms with Gasteiger partial charge in [0.05, 0.1) is 0 Å². The Kier molecular flexibility index (Phi) is 3.68. The van der Waals surface area contributed by atoms with E-state index in [0.717, 1.165) is 27.5 Å². The Morgan fingerprint density at radius 1 is 0.667 bits per heavy atom. The van der Waals surface area contributed by atoms with Crippen molar-refractivity contribution in [2.24, 2.45) is 0 Å². The highest BCUT2D eigenvalue weighted by Crippen LogP contribution is 2.36. The molecule has 0 heterocycles. The van der Waals surface area contributed by atoms with Crippen LogP contribution in [0.3, 0.4) is 0 Å². The summed E-state index contributed by atoms with van der Waals surface area (Å²) in [7, 11) is 0. The number of aromatic hydroxyl groups is 1. The first kappa shape index (κ1) is 14.7. The van der Waals surface area contributed by atoms with Crippen molar-refractivity contribution in [1.29, 1.82) is 0 Å². The Bertz CT molecular complexity index is 1030. The van der Waals surface area contributed by atoms with Gasteiger partial charge in [0.1, 0.15) is 5.75 Å². The molecule has 0 atom stereocenters. The highest BCUT2D eigenvalue weighted by Gasteiger charge is 2.10. The van der Waals surface area contributed by atoms with Gasteiger partial charge >= 0.3 is 0 Å². The number of fused-ring (bicyclic) bond motifs is 2. The molecule has 0 unspecified atom stereocenters. The smallest absolute Gasteiger partial charge is 0.123 e. The predicted octanol–water partition coefficient (Wildman–Crippen LogP) is 4.90. The standard InChI is InChI=1S/C22H18O2/c23-11-10-15-8-9-22(24)21(12-15)19-7-3-6-18-13-16-4-1-2-5-17(16)14-20(18)19/h1-9,12-14,23-24H,10-11H2.